The maximum Gasteiger partial charge on any atom is 0.472 e. The molecule has 0 spiro atoms. The van der Waals surface area contributed by atoms with Crippen LogP contribution >= 0.6 is 7.82 Å². The van der Waals surface area contributed by atoms with Crippen molar-refractivity contribution in [3.63, 3.8) is 0 Å². The number of ether oxygens (including phenoxy) is 3. The molecule has 0 aliphatic carbocycles. The molecule has 10 nitrogen and oxygen atoms in total. The van der Waals surface area contributed by atoms with Crippen LogP contribution in [0, 0.1) is 0 Å². The van der Waals surface area contributed by atoms with Crippen LogP contribution in [0.4, 0.5) is 0 Å². The molecule has 1 fully saturated rings. The molecular formula is C17H25BN3O7P. The number of rotatable bonds is 10. The lowest BCUT2D eigenvalue weighted by molar-refractivity contribution is -0.0398. The smallest absolute Gasteiger partial charge is 0.382 e. The molecule has 1 aliphatic heterocycles. The fourth-order valence-corrected chi connectivity index (χ4v) is 3.85. The van der Waals surface area contributed by atoms with Crippen molar-refractivity contribution in [3.8, 4) is 0 Å². The van der Waals surface area contributed by atoms with Crippen molar-refractivity contribution < 1.29 is 32.7 Å². The van der Waals surface area contributed by atoms with Crippen LogP contribution in [-0.2, 0) is 41.0 Å². The molecule has 1 aromatic heterocycles. The Morgan fingerprint density at radius 3 is 2.72 bits per heavy atom. The molecule has 29 heavy (non-hydrogen) atoms. The Morgan fingerprint density at radius 1 is 1.28 bits per heavy atom. The fraction of sp³-hybridized carbons (Fsp3) is 0.529. The Bertz CT molecular complexity index is 824. The van der Waals surface area contributed by atoms with E-state index in [9.17, 15) is 9.46 Å². The minimum atomic E-state index is -4.23. The van der Waals surface area contributed by atoms with Crippen LogP contribution in [0.2, 0.25) is 0 Å². The van der Waals surface area contributed by atoms with Crippen molar-refractivity contribution in [1.29, 1.82) is 0 Å². The second-order valence-corrected chi connectivity index (χ2v) is 8.24. The minimum Gasteiger partial charge on any atom is -0.382 e. The molecule has 0 amide bonds. The number of phosphoric ester groups is 1. The zero-order valence-electron chi connectivity index (χ0n) is 16.6. The van der Waals surface area contributed by atoms with Gasteiger partial charge in [0.2, 0.25) is 0 Å². The summed E-state index contributed by atoms with van der Waals surface area (Å²) in [4.78, 5) is 9.74. The second kappa shape index (κ2) is 9.95. The number of methoxy groups -OCH3 is 1. The van der Waals surface area contributed by atoms with Gasteiger partial charge in [-0.25, -0.2) is 9.25 Å². The molecule has 0 saturated carbocycles. The summed E-state index contributed by atoms with van der Waals surface area (Å²) < 4.78 is 40.3. The Morgan fingerprint density at radius 2 is 2.03 bits per heavy atom. The topological polar surface area (TPSA) is 114 Å². The van der Waals surface area contributed by atoms with E-state index >= 15 is 0 Å². The van der Waals surface area contributed by atoms with Gasteiger partial charge in [0.05, 0.1) is 32.0 Å². The Kier molecular flexibility index (Phi) is 7.58. The van der Waals surface area contributed by atoms with E-state index < -0.39 is 26.1 Å². The molecule has 1 aliphatic rings. The zero-order chi connectivity index (χ0) is 20.9. The van der Waals surface area contributed by atoms with Gasteiger partial charge in [0.1, 0.15) is 31.9 Å². The largest absolute Gasteiger partial charge is 0.472 e. The van der Waals surface area contributed by atoms with Crippen LogP contribution < -0.4 is 0 Å². The van der Waals surface area contributed by atoms with Gasteiger partial charge in [-0.15, -0.1) is 5.10 Å². The summed E-state index contributed by atoms with van der Waals surface area (Å²) in [5, 5.41) is 8.23. The van der Waals surface area contributed by atoms with E-state index in [2.05, 4.69) is 14.8 Å². The first-order chi connectivity index (χ1) is 13.9. The van der Waals surface area contributed by atoms with Crippen LogP contribution in [0.3, 0.4) is 0 Å². The Hall–Kier alpha value is -1.59. The molecule has 2 heterocycles. The summed E-state index contributed by atoms with van der Waals surface area (Å²) in [5.74, 6) is 0. The maximum atomic E-state index is 11.9. The number of nitrogens with zero attached hydrogens (tertiary/aromatic N) is 3. The predicted octanol–water partition coefficient (Wildman–Crippen LogP) is 0.348. The van der Waals surface area contributed by atoms with Gasteiger partial charge in [-0.1, -0.05) is 35.5 Å². The summed E-state index contributed by atoms with van der Waals surface area (Å²) in [6.07, 6.45) is -0.211. The number of hydrogen-bond donors (Lipinski definition) is 1. The highest BCUT2D eigenvalue weighted by Crippen LogP contribution is 2.46. The zero-order valence-corrected chi connectivity index (χ0v) is 17.5. The molecule has 1 aromatic carbocycles. The van der Waals surface area contributed by atoms with Gasteiger partial charge in [0, 0.05) is 14.2 Å². The van der Waals surface area contributed by atoms with Crippen LogP contribution in [-0.4, -0.2) is 72.9 Å². The lowest BCUT2D eigenvalue weighted by Gasteiger charge is -2.24. The van der Waals surface area contributed by atoms with Gasteiger partial charge in [-0.05, 0) is 5.56 Å². The molecule has 5 atom stereocenters. The number of aromatic nitrogens is 3. The molecule has 2 aromatic rings. The van der Waals surface area contributed by atoms with Crippen molar-refractivity contribution >= 4 is 15.7 Å². The van der Waals surface area contributed by atoms with Gasteiger partial charge in [0.25, 0.3) is 0 Å². The normalized spacial score (nSPS) is 26.4. The van der Waals surface area contributed by atoms with Crippen LogP contribution in [0.1, 0.15) is 11.3 Å². The fourth-order valence-electron chi connectivity index (χ4n) is 3.20. The summed E-state index contributed by atoms with van der Waals surface area (Å²) in [6.45, 7) is 0.932. The molecule has 1 N–H and O–H groups in total. The quantitative estimate of drug-likeness (QED) is 0.425. The number of benzene rings is 1. The van der Waals surface area contributed by atoms with Gasteiger partial charge in [0.15, 0.2) is 0 Å². The van der Waals surface area contributed by atoms with Crippen molar-refractivity contribution in [1.82, 2.24) is 15.0 Å². The monoisotopic (exact) mass is 425 g/mol. The summed E-state index contributed by atoms with van der Waals surface area (Å²) >= 11 is 0. The van der Waals surface area contributed by atoms with E-state index in [0.29, 0.717) is 12.2 Å². The second-order valence-electron chi connectivity index (χ2n) is 6.72. The summed E-state index contributed by atoms with van der Waals surface area (Å²) in [5.41, 5.74) is 1.73. The van der Waals surface area contributed by atoms with E-state index in [1.165, 1.54) is 7.11 Å². The molecule has 0 bridgehead atoms. The predicted molar refractivity (Wildman–Crippen MR) is 105 cm³/mol. The third-order valence-corrected chi connectivity index (χ3v) is 5.53. The van der Waals surface area contributed by atoms with Crippen molar-refractivity contribution in [3.05, 3.63) is 47.8 Å². The lowest BCUT2D eigenvalue weighted by Crippen LogP contribution is -2.38. The van der Waals surface area contributed by atoms with E-state index in [0.717, 1.165) is 12.7 Å². The van der Waals surface area contributed by atoms with Gasteiger partial charge < -0.3 is 19.1 Å². The minimum absolute atomic E-state index is 0.148. The molecule has 0 radical (unpaired) electrons. The molecular weight excluding hydrogens is 400 g/mol. The van der Waals surface area contributed by atoms with Crippen LogP contribution in [0.5, 0.6) is 0 Å². The Labute approximate surface area is 170 Å². The first-order valence-corrected chi connectivity index (χ1v) is 10.7. The molecule has 158 valence electrons. The third-order valence-electron chi connectivity index (χ3n) is 4.56. The van der Waals surface area contributed by atoms with E-state index in [4.69, 9.17) is 18.7 Å². The summed E-state index contributed by atoms with van der Waals surface area (Å²) in [6, 6.07) is 9.53. The van der Waals surface area contributed by atoms with Crippen LogP contribution in [0.25, 0.3) is 0 Å². The van der Waals surface area contributed by atoms with E-state index in [1.54, 1.807) is 18.7 Å². The number of phosphoric acid groups is 1. The number of hydrogen-bond acceptors (Lipinski definition) is 8. The maximum absolute atomic E-state index is 11.9. The molecule has 12 heteroatoms. The third kappa shape index (κ3) is 5.96. The van der Waals surface area contributed by atoms with E-state index in [-0.39, 0.29) is 19.2 Å². The molecule has 3 rings (SSSR count). The lowest BCUT2D eigenvalue weighted by atomic mass is 9.93. The highest BCUT2D eigenvalue weighted by molar-refractivity contribution is 7.47. The highest BCUT2D eigenvalue weighted by Gasteiger charge is 2.47. The first-order valence-electron chi connectivity index (χ1n) is 9.17. The average Bonchev–Trinajstić information content (AvgIpc) is 3.25. The standard InChI is InChI=1S/C17H25BN3O7P/c1-24-11-14-15(28-29(22,23)25-2)16(17(18)27-14)26-10-13-9-21(20-19-13)8-12-6-4-3-5-7-12/h3-7,9,14-17H,8,10-11,18H2,1-2H3,(H,22,23)/t14-,15?,16+,17-/m1/s1. The Balaban J connectivity index is 1.63. The SMILES string of the molecule is B[C@@H]1O[C@H](COC)C(OP(=O)(O)OC)[C@@H]1OCc1cn(Cc2ccccc2)nn1. The van der Waals surface area contributed by atoms with Crippen LogP contribution in [0.15, 0.2) is 36.5 Å². The molecule has 1 saturated heterocycles. The van der Waals surface area contributed by atoms with Gasteiger partial charge in [-0.3, -0.25) is 9.05 Å². The van der Waals surface area contributed by atoms with Gasteiger partial charge >= 0.3 is 7.82 Å². The van der Waals surface area contributed by atoms with Gasteiger partial charge in [-0.2, -0.15) is 0 Å². The highest BCUT2D eigenvalue weighted by atomic mass is 31.2. The summed E-state index contributed by atoms with van der Waals surface area (Å²) in [7, 11) is 0.195. The van der Waals surface area contributed by atoms with Crippen molar-refractivity contribution in [2.75, 3.05) is 20.8 Å². The first kappa shape index (κ1) is 22.1. The van der Waals surface area contributed by atoms with E-state index in [1.807, 2.05) is 30.3 Å². The van der Waals surface area contributed by atoms with Crippen molar-refractivity contribution in [2.24, 2.45) is 0 Å². The average molecular weight is 425 g/mol. The molecule has 2 unspecified atom stereocenters. The van der Waals surface area contributed by atoms with Crippen molar-refractivity contribution in [2.45, 2.75) is 37.5 Å².